The van der Waals surface area contributed by atoms with Crippen molar-refractivity contribution in [2.75, 3.05) is 0 Å². The van der Waals surface area contributed by atoms with Crippen LogP contribution in [0.4, 0.5) is 13.2 Å². The zero-order chi connectivity index (χ0) is 12.4. The van der Waals surface area contributed by atoms with Gasteiger partial charge in [-0.1, -0.05) is 27.2 Å². The number of halogens is 3. The van der Waals surface area contributed by atoms with Crippen LogP contribution in [-0.2, 0) is 11.6 Å². The summed E-state index contributed by atoms with van der Waals surface area (Å²) in [6.45, 7) is 5.98. The van der Waals surface area contributed by atoms with Gasteiger partial charge in [-0.25, -0.2) is 9.97 Å². The fourth-order valence-corrected chi connectivity index (χ4v) is 1.59. The third-order valence-corrected chi connectivity index (χ3v) is 2.56. The van der Waals surface area contributed by atoms with E-state index >= 15 is 0 Å². The summed E-state index contributed by atoms with van der Waals surface area (Å²) in [6, 6.07) is 0. The molecular weight excluding hydrogens is 217 g/mol. The molecule has 0 radical (unpaired) electrons. The number of hydrogen-bond donors (Lipinski definition) is 0. The fourth-order valence-electron chi connectivity index (χ4n) is 1.59. The Morgan fingerprint density at radius 2 is 1.62 bits per heavy atom. The molecule has 1 aromatic heterocycles. The van der Waals surface area contributed by atoms with Crippen molar-refractivity contribution in [2.24, 2.45) is 0 Å². The highest BCUT2D eigenvalue weighted by atomic mass is 19.4. The van der Waals surface area contributed by atoms with Gasteiger partial charge in [0.25, 0.3) is 0 Å². The Balaban J connectivity index is 2.95. The molecule has 0 atom stereocenters. The number of nitrogens with zero attached hydrogens (tertiary/aromatic N) is 2. The average molecular weight is 232 g/mol. The summed E-state index contributed by atoms with van der Waals surface area (Å²) < 4.78 is 36.7. The molecule has 2 nitrogen and oxygen atoms in total. The van der Waals surface area contributed by atoms with Crippen LogP contribution in [-0.4, -0.2) is 9.97 Å². The lowest BCUT2D eigenvalue weighted by atomic mass is 9.82. The van der Waals surface area contributed by atoms with Gasteiger partial charge in [0.2, 0.25) is 5.82 Å². The first kappa shape index (κ1) is 12.9. The minimum Gasteiger partial charge on any atom is -0.233 e. The molecule has 5 heteroatoms. The van der Waals surface area contributed by atoms with E-state index in [1.807, 2.05) is 20.8 Å². The topological polar surface area (TPSA) is 25.8 Å². The van der Waals surface area contributed by atoms with Crippen LogP contribution in [0, 0.1) is 0 Å². The van der Waals surface area contributed by atoms with Gasteiger partial charge in [-0.05, 0) is 17.4 Å². The number of rotatable bonds is 3. The summed E-state index contributed by atoms with van der Waals surface area (Å²) in [5, 5.41) is 0. The number of aromatic nitrogens is 2. The van der Waals surface area contributed by atoms with Crippen molar-refractivity contribution in [2.45, 2.75) is 45.2 Å². The van der Waals surface area contributed by atoms with Crippen molar-refractivity contribution < 1.29 is 13.2 Å². The Morgan fingerprint density at radius 3 is 2.00 bits per heavy atom. The van der Waals surface area contributed by atoms with Gasteiger partial charge in [-0.3, -0.25) is 0 Å². The first-order valence-corrected chi connectivity index (χ1v) is 5.17. The van der Waals surface area contributed by atoms with Gasteiger partial charge in [0.05, 0.1) is 0 Å². The third kappa shape index (κ3) is 2.93. The Morgan fingerprint density at radius 1 is 1.12 bits per heavy atom. The highest BCUT2D eigenvalue weighted by molar-refractivity contribution is 5.17. The molecule has 90 valence electrons. The molecule has 0 bridgehead atoms. The lowest BCUT2D eigenvalue weighted by molar-refractivity contribution is -0.145. The predicted octanol–water partition coefficient (Wildman–Crippen LogP) is 3.57. The van der Waals surface area contributed by atoms with Gasteiger partial charge < -0.3 is 0 Å². The molecule has 0 spiro atoms. The van der Waals surface area contributed by atoms with Crippen LogP contribution in [0.15, 0.2) is 12.4 Å². The van der Waals surface area contributed by atoms with E-state index in [1.165, 1.54) is 12.4 Å². The van der Waals surface area contributed by atoms with Crippen molar-refractivity contribution in [1.82, 2.24) is 9.97 Å². The van der Waals surface area contributed by atoms with E-state index < -0.39 is 12.0 Å². The third-order valence-electron chi connectivity index (χ3n) is 2.56. The highest BCUT2D eigenvalue weighted by Crippen LogP contribution is 2.29. The van der Waals surface area contributed by atoms with Gasteiger partial charge in [0.1, 0.15) is 0 Å². The molecule has 1 rings (SSSR count). The van der Waals surface area contributed by atoms with Gasteiger partial charge in [-0.2, -0.15) is 13.2 Å². The molecule has 16 heavy (non-hydrogen) atoms. The molecular formula is C11H15F3N2. The molecule has 0 aliphatic heterocycles. The number of alkyl halides is 3. The van der Waals surface area contributed by atoms with Crippen molar-refractivity contribution in [3.8, 4) is 0 Å². The van der Waals surface area contributed by atoms with Crippen molar-refractivity contribution in [3.63, 3.8) is 0 Å². The van der Waals surface area contributed by atoms with E-state index in [4.69, 9.17) is 0 Å². The molecule has 1 aromatic rings. The van der Waals surface area contributed by atoms with Crippen LogP contribution in [0.2, 0.25) is 0 Å². The minimum atomic E-state index is -4.46. The minimum absolute atomic E-state index is 0.182. The maximum absolute atomic E-state index is 12.2. The van der Waals surface area contributed by atoms with Crippen LogP contribution in [0.25, 0.3) is 0 Å². The second kappa shape index (κ2) is 4.39. The molecule has 0 amide bonds. The Bertz CT molecular complexity index is 341. The molecule has 0 aliphatic carbocycles. The van der Waals surface area contributed by atoms with Gasteiger partial charge >= 0.3 is 6.18 Å². The molecule has 0 unspecified atom stereocenters. The molecule has 0 saturated carbocycles. The van der Waals surface area contributed by atoms with Gasteiger partial charge in [0.15, 0.2) is 0 Å². The van der Waals surface area contributed by atoms with Crippen LogP contribution in [0.3, 0.4) is 0 Å². The lowest BCUT2D eigenvalue weighted by Gasteiger charge is -2.23. The SMILES string of the molecule is CCCC(C)(C)c1cnc(C(F)(F)F)nc1. The van der Waals surface area contributed by atoms with Crippen LogP contribution in [0.1, 0.15) is 45.0 Å². The summed E-state index contributed by atoms with van der Waals surface area (Å²) in [4.78, 5) is 6.72. The fraction of sp³-hybridized carbons (Fsp3) is 0.636. The zero-order valence-electron chi connectivity index (χ0n) is 9.60. The lowest BCUT2D eigenvalue weighted by Crippen LogP contribution is -2.19. The Hall–Kier alpha value is -1.13. The van der Waals surface area contributed by atoms with Crippen LogP contribution >= 0.6 is 0 Å². The first-order chi connectivity index (χ1) is 7.27. The molecule has 0 aliphatic rings. The van der Waals surface area contributed by atoms with E-state index in [1.54, 1.807) is 0 Å². The summed E-state index contributed by atoms with van der Waals surface area (Å²) in [7, 11) is 0. The van der Waals surface area contributed by atoms with E-state index in [0.29, 0.717) is 0 Å². The summed E-state index contributed by atoms with van der Waals surface area (Å²) in [5.74, 6) is -1.08. The normalized spacial score (nSPS) is 12.9. The van der Waals surface area contributed by atoms with Crippen molar-refractivity contribution in [1.29, 1.82) is 0 Å². The van der Waals surface area contributed by atoms with Gasteiger partial charge in [-0.15, -0.1) is 0 Å². The predicted molar refractivity (Wildman–Crippen MR) is 55.0 cm³/mol. The maximum atomic E-state index is 12.2. The second-order valence-corrected chi connectivity index (χ2v) is 4.43. The van der Waals surface area contributed by atoms with Crippen LogP contribution in [0.5, 0.6) is 0 Å². The van der Waals surface area contributed by atoms with Crippen LogP contribution < -0.4 is 0 Å². The maximum Gasteiger partial charge on any atom is 0.451 e. The van der Waals surface area contributed by atoms with Crippen molar-refractivity contribution >= 4 is 0 Å². The largest absolute Gasteiger partial charge is 0.451 e. The smallest absolute Gasteiger partial charge is 0.233 e. The van der Waals surface area contributed by atoms with E-state index in [-0.39, 0.29) is 5.41 Å². The average Bonchev–Trinajstić information content (AvgIpc) is 2.16. The Labute approximate surface area is 92.9 Å². The summed E-state index contributed by atoms with van der Waals surface area (Å²) >= 11 is 0. The molecule has 0 fully saturated rings. The van der Waals surface area contributed by atoms with Crippen molar-refractivity contribution in [3.05, 3.63) is 23.8 Å². The molecule has 1 heterocycles. The molecule has 0 saturated heterocycles. The summed E-state index contributed by atoms with van der Waals surface area (Å²) in [5.41, 5.74) is 0.557. The van der Waals surface area contributed by atoms with E-state index in [9.17, 15) is 13.2 Å². The van der Waals surface area contributed by atoms with E-state index in [0.717, 1.165) is 18.4 Å². The summed E-state index contributed by atoms with van der Waals surface area (Å²) in [6.07, 6.45) is -0.0693. The first-order valence-electron chi connectivity index (χ1n) is 5.17. The van der Waals surface area contributed by atoms with Gasteiger partial charge in [0, 0.05) is 12.4 Å². The standard InChI is InChI=1S/C11H15F3N2/c1-4-5-10(2,3)8-6-15-9(16-7-8)11(12,13)14/h6-7H,4-5H2,1-3H3. The van der Waals surface area contributed by atoms with E-state index in [2.05, 4.69) is 9.97 Å². The molecule has 0 N–H and O–H groups in total. The quantitative estimate of drug-likeness (QED) is 0.796. The Kier molecular flexibility index (Phi) is 3.55. The second-order valence-electron chi connectivity index (χ2n) is 4.43. The molecule has 0 aromatic carbocycles. The highest BCUT2D eigenvalue weighted by Gasteiger charge is 2.34. The monoisotopic (exact) mass is 232 g/mol. The zero-order valence-corrected chi connectivity index (χ0v) is 9.60. The number of hydrogen-bond acceptors (Lipinski definition) is 2.